The Bertz CT molecular complexity index is 7.61. The van der Waals surface area contributed by atoms with E-state index in [0.717, 1.165) is 0 Å². The van der Waals surface area contributed by atoms with E-state index in [4.69, 9.17) is 0 Å². The van der Waals surface area contributed by atoms with Crippen LogP contribution in [-0.4, -0.2) is 37.7 Å². The molecule has 0 atom stereocenters. The molecule has 0 aromatic rings. The molecular weight excluding hydrogens is 108 g/mol. The number of hydrogen-bond acceptors (Lipinski definition) is 0. The zero-order valence-electron chi connectivity index (χ0n) is 2.41. The molecule has 0 aliphatic carbocycles. The maximum Gasteiger partial charge on any atom is -2.00 e. The van der Waals surface area contributed by atoms with Crippen LogP contribution in [0.1, 0.15) is 0 Å². The van der Waals surface area contributed by atoms with E-state index in [-0.39, 0.29) is 146 Å². The van der Waals surface area contributed by atoms with Gasteiger partial charge in [0.2, 0.25) is 0 Å². The first kappa shape index (κ1) is 34.2. The zero-order chi connectivity index (χ0) is 0. The molecule has 5 heteroatoms. The minimum absolute atomic E-state index is 0. The Labute approximate surface area is 141 Å². The Morgan fingerprint density at radius 1 is 0.600 bits per heavy atom. The first-order chi connectivity index (χ1) is 0. The summed E-state index contributed by atoms with van der Waals surface area (Å²) in [6.45, 7) is 0. The van der Waals surface area contributed by atoms with Gasteiger partial charge in [-0.15, -0.1) is 0 Å². The molecule has 5 heavy (non-hydrogen) atoms. The van der Waals surface area contributed by atoms with E-state index in [1.54, 1.807) is 0 Å². The van der Waals surface area contributed by atoms with Crippen LogP contribution in [0.3, 0.4) is 0 Å². The summed E-state index contributed by atoms with van der Waals surface area (Å²) in [4.78, 5) is 0. The van der Waals surface area contributed by atoms with Crippen molar-refractivity contribution in [2.75, 3.05) is 0 Å². The van der Waals surface area contributed by atoms with E-state index < -0.39 is 0 Å². The number of rotatable bonds is 0. The molecule has 0 aliphatic rings. The molecule has 0 bridgehead atoms. The first-order valence-electron chi connectivity index (χ1n) is 0. The Morgan fingerprint density at radius 2 is 0.600 bits per heavy atom. The zero-order valence-corrected chi connectivity index (χ0v) is 8.65. The van der Waals surface area contributed by atoms with E-state index in [9.17, 15) is 0 Å². The third-order valence-corrected chi connectivity index (χ3v) is 0. The predicted octanol–water partition coefficient (Wildman–Crippen LogP) is -7.41. The second kappa shape index (κ2) is 23.7. The van der Waals surface area contributed by atoms with Crippen LogP contribution in [0.25, 0.3) is 0 Å². The monoisotopic (exact) mass is 110 g/mol. The minimum atomic E-state index is 0. The molecule has 0 aliphatic heterocycles. The predicted molar refractivity (Wildman–Crippen MR) is 15.0 cm³/mol. The molecule has 0 aromatic heterocycles. The summed E-state index contributed by atoms with van der Waals surface area (Å²) in [6.07, 6.45) is 0. The van der Waals surface area contributed by atoms with Crippen LogP contribution in [0.4, 0.5) is 0 Å². The largest absolute Gasteiger partial charge is 2.00 e. The third-order valence-electron chi connectivity index (χ3n) is 0. The van der Waals surface area contributed by atoms with Gasteiger partial charge in [-0.3, -0.25) is 0 Å². The average Bonchev–Trinajstić information content (AvgIpc) is 0. The first-order valence-corrected chi connectivity index (χ1v) is 0. The summed E-state index contributed by atoms with van der Waals surface area (Å²) < 4.78 is 0. The van der Waals surface area contributed by atoms with E-state index >= 15 is 0 Å². The fourth-order valence-corrected chi connectivity index (χ4v) is 0. The van der Waals surface area contributed by atoms with Gasteiger partial charge >= 0.3 is 140 Å². The van der Waals surface area contributed by atoms with E-state index in [2.05, 4.69) is 0 Å². The van der Waals surface area contributed by atoms with Crippen molar-refractivity contribution in [3.63, 3.8) is 0 Å². The SMILES string of the molecule is [K+].[K+].[LiH].[LiH].[O-2]. The van der Waals surface area contributed by atoms with Gasteiger partial charge in [0.15, 0.2) is 0 Å². The van der Waals surface area contributed by atoms with Gasteiger partial charge in [0, 0.05) is 0 Å². The molecule has 0 N–H and O–H groups in total. The minimum Gasteiger partial charge on any atom is -2.00 e. The fourth-order valence-electron chi connectivity index (χ4n) is 0. The van der Waals surface area contributed by atoms with Crippen molar-refractivity contribution in [2.45, 2.75) is 0 Å². The molecule has 0 aromatic carbocycles. The summed E-state index contributed by atoms with van der Waals surface area (Å²) in [5.74, 6) is 0. The van der Waals surface area contributed by atoms with E-state index in [1.165, 1.54) is 0 Å². The Balaban J connectivity index is 0. The van der Waals surface area contributed by atoms with Crippen molar-refractivity contribution in [1.29, 1.82) is 0 Å². The van der Waals surface area contributed by atoms with Crippen LogP contribution >= 0.6 is 0 Å². The summed E-state index contributed by atoms with van der Waals surface area (Å²) in [5, 5.41) is 0. The second-order valence-corrected chi connectivity index (χ2v) is 0. The fraction of sp³-hybridized carbons (Fsp3) is 0. The molecule has 0 amide bonds. The van der Waals surface area contributed by atoms with Gasteiger partial charge in [-0.2, -0.15) is 0 Å². The maximum atomic E-state index is 0. The van der Waals surface area contributed by atoms with Gasteiger partial charge in [-0.25, -0.2) is 0 Å². The van der Waals surface area contributed by atoms with Crippen molar-refractivity contribution < 1.29 is 108 Å². The maximum absolute atomic E-state index is 0. The molecule has 0 spiro atoms. The van der Waals surface area contributed by atoms with Crippen molar-refractivity contribution in [3.05, 3.63) is 0 Å². The van der Waals surface area contributed by atoms with Crippen LogP contribution in [0.5, 0.6) is 0 Å². The van der Waals surface area contributed by atoms with Crippen LogP contribution in [0, 0.1) is 0 Å². The van der Waals surface area contributed by atoms with Crippen LogP contribution < -0.4 is 103 Å². The Morgan fingerprint density at radius 3 is 0.600 bits per heavy atom. The van der Waals surface area contributed by atoms with E-state index in [0.29, 0.717) is 0 Å². The summed E-state index contributed by atoms with van der Waals surface area (Å²) in [5.41, 5.74) is 0. The molecular formula is H2K2Li2O. The third kappa shape index (κ3) is 17.8. The second-order valence-electron chi connectivity index (χ2n) is 0. The summed E-state index contributed by atoms with van der Waals surface area (Å²) in [6, 6.07) is 0. The molecule has 0 saturated heterocycles. The topological polar surface area (TPSA) is 28.5 Å². The van der Waals surface area contributed by atoms with Crippen LogP contribution in [0.2, 0.25) is 0 Å². The molecule has 0 unspecified atom stereocenters. The summed E-state index contributed by atoms with van der Waals surface area (Å²) in [7, 11) is 0. The van der Waals surface area contributed by atoms with Gasteiger partial charge in [-0.1, -0.05) is 0 Å². The molecule has 0 rings (SSSR count). The molecule has 0 saturated carbocycles. The normalized spacial score (nSPS) is 0. The van der Waals surface area contributed by atoms with Crippen molar-refractivity contribution in [1.82, 2.24) is 0 Å². The van der Waals surface area contributed by atoms with Crippen molar-refractivity contribution in [2.24, 2.45) is 0 Å². The molecule has 0 fully saturated rings. The summed E-state index contributed by atoms with van der Waals surface area (Å²) >= 11 is 0. The molecule has 12 valence electrons. The van der Waals surface area contributed by atoms with Gasteiger partial charge < -0.3 is 5.48 Å². The Hall–Kier alpha value is 4.43. The standard InChI is InChI=1S/2K.2Li.O.2H/q2*+1;;;-2;;. The van der Waals surface area contributed by atoms with E-state index in [1.807, 2.05) is 0 Å². The molecule has 0 heterocycles. The quantitative estimate of drug-likeness (QED) is 0.277. The molecule has 1 nitrogen and oxygen atoms in total. The van der Waals surface area contributed by atoms with Gasteiger partial charge in [0.05, 0.1) is 0 Å². The Kier molecular flexibility index (Phi) is 162. The van der Waals surface area contributed by atoms with Crippen molar-refractivity contribution in [3.8, 4) is 0 Å². The van der Waals surface area contributed by atoms with Gasteiger partial charge in [-0.05, 0) is 0 Å². The van der Waals surface area contributed by atoms with Gasteiger partial charge in [0.1, 0.15) is 0 Å². The smallest absolute Gasteiger partial charge is 2.00 e. The van der Waals surface area contributed by atoms with Crippen molar-refractivity contribution >= 4 is 37.7 Å². The van der Waals surface area contributed by atoms with Crippen LogP contribution in [-0.2, 0) is 5.48 Å². The molecule has 0 radical (unpaired) electrons. The average molecular weight is 110 g/mol. The number of hydrogen-bond donors (Lipinski definition) is 0. The van der Waals surface area contributed by atoms with Crippen LogP contribution in [0.15, 0.2) is 0 Å². The van der Waals surface area contributed by atoms with Gasteiger partial charge in [0.25, 0.3) is 0 Å².